The first kappa shape index (κ1) is 18.5. The smallest absolute Gasteiger partial charge is 0.259 e. The van der Waals surface area contributed by atoms with E-state index in [0.717, 1.165) is 16.2 Å². The standard InChI is InChI=1S/C24H20N2O3/c1-2-25-23(28)17-11-10-16-14-22(27)20(13-18(16)12-17)24(29)26-21-9-5-7-15-6-3-4-8-19(15)21/h3-14,27H,2H2,1H3,(H,25,28)(H,26,29). The number of amides is 2. The fourth-order valence-corrected chi connectivity index (χ4v) is 3.40. The van der Waals surface area contributed by atoms with Gasteiger partial charge in [0.15, 0.2) is 0 Å². The number of fused-ring (bicyclic) bond motifs is 2. The van der Waals surface area contributed by atoms with E-state index in [1.54, 1.807) is 24.3 Å². The molecule has 5 heteroatoms. The maximum atomic E-state index is 12.9. The molecule has 0 atom stereocenters. The van der Waals surface area contributed by atoms with Crippen LogP contribution < -0.4 is 10.6 Å². The number of aromatic hydroxyl groups is 1. The highest BCUT2D eigenvalue weighted by Gasteiger charge is 2.15. The quantitative estimate of drug-likeness (QED) is 0.477. The summed E-state index contributed by atoms with van der Waals surface area (Å²) >= 11 is 0. The van der Waals surface area contributed by atoms with Gasteiger partial charge < -0.3 is 15.7 Å². The molecule has 0 radical (unpaired) electrons. The maximum absolute atomic E-state index is 12.9. The van der Waals surface area contributed by atoms with Crippen molar-refractivity contribution in [2.24, 2.45) is 0 Å². The van der Waals surface area contributed by atoms with E-state index >= 15 is 0 Å². The van der Waals surface area contributed by atoms with E-state index in [2.05, 4.69) is 10.6 Å². The second-order valence-corrected chi connectivity index (χ2v) is 6.77. The number of carbonyl (C=O) groups is 2. The molecule has 0 heterocycles. The number of benzene rings is 4. The molecule has 0 aliphatic carbocycles. The van der Waals surface area contributed by atoms with Gasteiger partial charge in [0, 0.05) is 23.2 Å². The van der Waals surface area contributed by atoms with Gasteiger partial charge in [-0.15, -0.1) is 0 Å². The van der Waals surface area contributed by atoms with Crippen molar-refractivity contribution in [2.75, 3.05) is 11.9 Å². The normalized spacial score (nSPS) is 10.8. The van der Waals surface area contributed by atoms with Crippen LogP contribution in [0.15, 0.2) is 72.8 Å². The van der Waals surface area contributed by atoms with Crippen molar-refractivity contribution in [2.45, 2.75) is 6.92 Å². The van der Waals surface area contributed by atoms with E-state index in [1.165, 1.54) is 6.07 Å². The van der Waals surface area contributed by atoms with Gasteiger partial charge in [0.2, 0.25) is 0 Å². The number of rotatable bonds is 4. The predicted molar refractivity (Wildman–Crippen MR) is 116 cm³/mol. The first-order chi connectivity index (χ1) is 14.1. The van der Waals surface area contributed by atoms with Crippen LogP contribution in [0, 0.1) is 0 Å². The second-order valence-electron chi connectivity index (χ2n) is 6.77. The second kappa shape index (κ2) is 7.64. The van der Waals surface area contributed by atoms with Crippen molar-refractivity contribution in [3.05, 3.63) is 83.9 Å². The zero-order valence-electron chi connectivity index (χ0n) is 15.9. The summed E-state index contributed by atoms with van der Waals surface area (Å²) < 4.78 is 0. The molecule has 4 aromatic rings. The molecule has 0 saturated carbocycles. The predicted octanol–water partition coefficient (Wildman–Crippen LogP) is 4.70. The Labute approximate surface area is 168 Å². The van der Waals surface area contributed by atoms with Crippen LogP contribution in [0.4, 0.5) is 5.69 Å². The van der Waals surface area contributed by atoms with Gasteiger partial charge in [-0.25, -0.2) is 0 Å². The molecule has 0 aliphatic rings. The number of carbonyl (C=O) groups excluding carboxylic acids is 2. The molecule has 144 valence electrons. The summed E-state index contributed by atoms with van der Waals surface area (Å²) in [5, 5.41) is 19.4. The third kappa shape index (κ3) is 3.62. The van der Waals surface area contributed by atoms with Crippen LogP contribution in [-0.2, 0) is 0 Å². The van der Waals surface area contributed by atoms with E-state index in [9.17, 15) is 14.7 Å². The number of hydrogen-bond acceptors (Lipinski definition) is 3. The SMILES string of the molecule is CCNC(=O)c1ccc2cc(O)c(C(=O)Nc3cccc4ccccc34)cc2c1. The van der Waals surface area contributed by atoms with Crippen LogP contribution in [0.25, 0.3) is 21.5 Å². The average Bonchev–Trinajstić information content (AvgIpc) is 2.73. The zero-order valence-corrected chi connectivity index (χ0v) is 15.9. The molecule has 0 saturated heterocycles. The minimum absolute atomic E-state index is 0.110. The molecule has 0 unspecified atom stereocenters. The van der Waals surface area contributed by atoms with Crippen molar-refractivity contribution in [3.8, 4) is 5.75 Å². The summed E-state index contributed by atoms with van der Waals surface area (Å²) in [7, 11) is 0. The van der Waals surface area contributed by atoms with E-state index in [1.807, 2.05) is 49.4 Å². The summed E-state index contributed by atoms with van der Waals surface area (Å²) in [6.45, 7) is 2.39. The molecule has 2 amide bonds. The number of phenolic OH excluding ortho intramolecular Hbond substituents is 1. The van der Waals surface area contributed by atoms with Crippen molar-refractivity contribution in [3.63, 3.8) is 0 Å². The van der Waals surface area contributed by atoms with E-state index in [-0.39, 0.29) is 17.2 Å². The molecular weight excluding hydrogens is 364 g/mol. The Hall–Kier alpha value is -3.86. The van der Waals surface area contributed by atoms with Gasteiger partial charge in [0.1, 0.15) is 5.75 Å². The molecule has 0 aromatic heterocycles. The van der Waals surface area contributed by atoms with Crippen LogP contribution in [0.1, 0.15) is 27.6 Å². The molecule has 0 bridgehead atoms. The molecular formula is C24H20N2O3. The largest absolute Gasteiger partial charge is 0.507 e. The number of anilines is 1. The van der Waals surface area contributed by atoms with Crippen LogP contribution in [0.2, 0.25) is 0 Å². The van der Waals surface area contributed by atoms with Crippen LogP contribution in [-0.4, -0.2) is 23.5 Å². The minimum Gasteiger partial charge on any atom is -0.507 e. The monoisotopic (exact) mass is 384 g/mol. The van der Waals surface area contributed by atoms with Gasteiger partial charge >= 0.3 is 0 Å². The topological polar surface area (TPSA) is 78.4 Å². The van der Waals surface area contributed by atoms with E-state index < -0.39 is 5.91 Å². The Balaban J connectivity index is 1.71. The Bertz CT molecular complexity index is 1240. The van der Waals surface area contributed by atoms with Crippen LogP contribution in [0.3, 0.4) is 0 Å². The molecule has 29 heavy (non-hydrogen) atoms. The Morgan fingerprint density at radius 3 is 2.45 bits per heavy atom. The lowest BCUT2D eigenvalue weighted by Gasteiger charge is -2.11. The highest BCUT2D eigenvalue weighted by Crippen LogP contribution is 2.28. The third-order valence-corrected chi connectivity index (χ3v) is 4.84. The molecule has 3 N–H and O–H groups in total. The van der Waals surface area contributed by atoms with Gasteiger partial charge in [0.05, 0.1) is 5.56 Å². The lowest BCUT2D eigenvalue weighted by Crippen LogP contribution is -2.22. The number of hydrogen-bond donors (Lipinski definition) is 3. The van der Waals surface area contributed by atoms with Gasteiger partial charge in [-0.3, -0.25) is 9.59 Å². The summed E-state index contributed by atoms with van der Waals surface area (Å²) in [5.41, 5.74) is 1.33. The average molecular weight is 384 g/mol. The summed E-state index contributed by atoms with van der Waals surface area (Å²) in [6, 6.07) is 21.7. The summed E-state index contributed by atoms with van der Waals surface area (Å²) in [5.74, 6) is -0.700. The molecule has 0 aliphatic heterocycles. The van der Waals surface area contributed by atoms with Crippen molar-refractivity contribution in [1.29, 1.82) is 0 Å². The lowest BCUT2D eigenvalue weighted by atomic mass is 10.0. The Morgan fingerprint density at radius 1 is 0.828 bits per heavy atom. The van der Waals surface area contributed by atoms with Gasteiger partial charge in [-0.05, 0) is 53.4 Å². The highest BCUT2D eigenvalue weighted by molar-refractivity contribution is 6.12. The van der Waals surface area contributed by atoms with E-state index in [0.29, 0.717) is 23.2 Å². The van der Waals surface area contributed by atoms with Crippen molar-refractivity contribution < 1.29 is 14.7 Å². The lowest BCUT2D eigenvalue weighted by molar-refractivity contribution is 0.0955. The first-order valence-corrected chi connectivity index (χ1v) is 9.41. The third-order valence-electron chi connectivity index (χ3n) is 4.84. The number of phenols is 1. The van der Waals surface area contributed by atoms with Crippen molar-refractivity contribution in [1.82, 2.24) is 5.32 Å². The fourth-order valence-electron chi connectivity index (χ4n) is 3.40. The van der Waals surface area contributed by atoms with Gasteiger partial charge in [-0.2, -0.15) is 0 Å². The molecule has 0 fully saturated rings. The number of nitrogens with one attached hydrogen (secondary N) is 2. The highest BCUT2D eigenvalue weighted by atomic mass is 16.3. The first-order valence-electron chi connectivity index (χ1n) is 9.41. The summed E-state index contributed by atoms with van der Waals surface area (Å²) in [6.07, 6.45) is 0. The van der Waals surface area contributed by atoms with E-state index in [4.69, 9.17) is 0 Å². The van der Waals surface area contributed by atoms with Gasteiger partial charge in [0.25, 0.3) is 11.8 Å². The molecule has 4 aromatic carbocycles. The Morgan fingerprint density at radius 2 is 1.62 bits per heavy atom. The molecule has 5 nitrogen and oxygen atoms in total. The zero-order chi connectivity index (χ0) is 20.4. The Kier molecular flexibility index (Phi) is 4.87. The molecule has 0 spiro atoms. The summed E-state index contributed by atoms with van der Waals surface area (Å²) in [4.78, 5) is 25.0. The van der Waals surface area contributed by atoms with Crippen LogP contribution in [0.5, 0.6) is 5.75 Å². The molecule has 4 rings (SSSR count). The van der Waals surface area contributed by atoms with Gasteiger partial charge in [-0.1, -0.05) is 42.5 Å². The van der Waals surface area contributed by atoms with Crippen LogP contribution >= 0.6 is 0 Å². The maximum Gasteiger partial charge on any atom is 0.259 e. The minimum atomic E-state index is -0.413. The fraction of sp³-hybridized carbons (Fsp3) is 0.0833. The van der Waals surface area contributed by atoms with Crippen molar-refractivity contribution >= 4 is 39.0 Å².